The largest absolute Gasteiger partial charge is 0.480 e. The van der Waals surface area contributed by atoms with Crippen LogP contribution in [0.4, 0.5) is 4.39 Å². The van der Waals surface area contributed by atoms with Gasteiger partial charge in [-0.3, -0.25) is 14.5 Å². The molecule has 0 radical (unpaired) electrons. The molecule has 126 valence electrons. The number of hydrogen-bond donors (Lipinski definition) is 1. The van der Waals surface area contributed by atoms with E-state index in [4.69, 9.17) is 5.11 Å². The van der Waals surface area contributed by atoms with Gasteiger partial charge in [-0.1, -0.05) is 6.92 Å². The molecule has 1 N–H and O–H groups in total. The van der Waals surface area contributed by atoms with Crippen molar-refractivity contribution in [3.05, 3.63) is 35.1 Å². The minimum absolute atomic E-state index is 0.0340. The predicted octanol–water partition coefficient (Wildman–Crippen LogP) is 2.15. The van der Waals surface area contributed by atoms with Gasteiger partial charge in [0.25, 0.3) is 5.91 Å². The van der Waals surface area contributed by atoms with Crippen molar-refractivity contribution >= 4 is 11.9 Å². The number of carbonyl (C=O) groups excluding carboxylic acids is 1. The second kappa shape index (κ2) is 7.55. The Morgan fingerprint density at radius 2 is 2.00 bits per heavy atom. The number of likely N-dealkylation sites (N-methyl/N-ethyl adjacent to an activating group) is 1. The van der Waals surface area contributed by atoms with Crippen molar-refractivity contribution in [2.75, 3.05) is 26.2 Å². The van der Waals surface area contributed by atoms with Gasteiger partial charge in [-0.05, 0) is 50.1 Å². The van der Waals surface area contributed by atoms with Crippen molar-refractivity contribution in [3.63, 3.8) is 0 Å². The van der Waals surface area contributed by atoms with Gasteiger partial charge in [0.15, 0.2) is 0 Å². The molecule has 1 aliphatic heterocycles. The maximum atomic E-state index is 13.3. The Morgan fingerprint density at radius 3 is 2.52 bits per heavy atom. The number of carbonyl (C=O) groups is 2. The first-order valence-corrected chi connectivity index (χ1v) is 7.93. The molecule has 1 aliphatic rings. The van der Waals surface area contributed by atoms with E-state index >= 15 is 0 Å². The molecule has 1 saturated heterocycles. The molecule has 1 heterocycles. The van der Waals surface area contributed by atoms with Crippen LogP contribution in [-0.2, 0) is 4.79 Å². The second-order valence-corrected chi connectivity index (χ2v) is 5.94. The van der Waals surface area contributed by atoms with Crippen molar-refractivity contribution in [2.24, 2.45) is 0 Å². The predicted molar refractivity (Wildman–Crippen MR) is 84.9 cm³/mol. The van der Waals surface area contributed by atoms with Gasteiger partial charge in [0.2, 0.25) is 0 Å². The summed E-state index contributed by atoms with van der Waals surface area (Å²) in [5.41, 5.74) is 0.963. The average Bonchev–Trinajstić information content (AvgIpc) is 2.54. The third kappa shape index (κ3) is 4.28. The van der Waals surface area contributed by atoms with Crippen LogP contribution in [-0.4, -0.2) is 59.0 Å². The van der Waals surface area contributed by atoms with Crippen LogP contribution < -0.4 is 0 Å². The first-order valence-electron chi connectivity index (χ1n) is 7.93. The van der Waals surface area contributed by atoms with E-state index in [0.717, 1.165) is 12.8 Å². The van der Waals surface area contributed by atoms with E-state index in [2.05, 4.69) is 0 Å². The highest BCUT2D eigenvalue weighted by Crippen LogP contribution is 2.19. The molecule has 0 aliphatic carbocycles. The third-order valence-corrected chi connectivity index (χ3v) is 4.42. The van der Waals surface area contributed by atoms with E-state index in [1.165, 1.54) is 12.1 Å². The number of carboxylic acid groups (broad SMARTS) is 1. The first-order chi connectivity index (χ1) is 10.9. The highest BCUT2D eigenvalue weighted by molar-refractivity contribution is 5.94. The topological polar surface area (TPSA) is 60.9 Å². The number of piperidine rings is 1. The Hall–Kier alpha value is -1.95. The highest BCUT2D eigenvalue weighted by atomic mass is 19.1. The zero-order chi connectivity index (χ0) is 17.0. The summed E-state index contributed by atoms with van der Waals surface area (Å²) in [4.78, 5) is 27.1. The molecular formula is C17H23FN2O3. The summed E-state index contributed by atoms with van der Waals surface area (Å²) in [5.74, 6) is -1.23. The SMILES string of the molecule is CCN(CC(=O)O)C1CCN(C(=O)c2ccc(F)c(C)c2)CC1. The number of benzene rings is 1. The van der Waals surface area contributed by atoms with Crippen LogP contribution in [0, 0.1) is 12.7 Å². The van der Waals surface area contributed by atoms with E-state index in [0.29, 0.717) is 30.8 Å². The standard InChI is InChI=1S/C17H23FN2O3/c1-3-19(11-16(21)22)14-6-8-20(9-7-14)17(23)13-4-5-15(18)12(2)10-13/h4-5,10,14H,3,6-9,11H2,1-2H3,(H,21,22). The van der Waals surface area contributed by atoms with Gasteiger partial charge < -0.3 is 10.0 Å². The van der Waals surface area contributed by atoms with E-state index in [1.54, 1.807) is 17.9 Å². The molecule has 1 aromatic rings. The maximum Gasteiger partial charge on any atom is 0.317 e. The molecule has 1 amide bonds. The molecule has 23 heavy (non-hydrogen) atoms. The smallest absolute Gasteiger partial charge is 0.317 e. The van der Waals surface area contributed by atoms with E-state index in [9.17, 15) is 14.0 Å². The fourth-order valence-electron chi connectivity index (χ4n) is 3.07. The number of amides is 1. The molecule has 5 nitrogen and oxygen atoms in total. The normalized spacial score (nSPS) is 15.9. The lowest BCUT2D eigenvalue weighted by Crippen LogP contribution is -2.48. The van der Waals surface area contributed by atoms with Crippen LogP contribution in [0.2, 0.25) is 0 Å². The minimum atomic E-state index is -0.827. The molecule has 6 heteroatoms. The molecule has 1 fully saturated rings. The molecule has 0 spiro atoms. The number of rotatable bonds is 5. The summed E-state index contributed by atoms with van der Waals surface area (Å²) in [5, 5.41) is 8.95. The molecule has 1 aromatic carbocycles. The quantitative estimate of drug-likeness (QED) is 0.902. The summed E-state index contributed by atoms with van der Waals surface area (Å²) in [7, 11) is 0. The van der Waals surface area contributed by atoms with Crippen LogP contribution in [0.3, 0.4) is 0 Å². The summed E-state index contributed by atoms with van der Waals surface area (Å²) in [6.07, 6.45) is 1.51. The zero-order valence-electron chi connectivity index (χ0n) is 13.6. The lowest BCUT2D eigenvalue weighted by molar-refractivity contribution is -0.139. The Balaban J connectivity index is 1.96. The zero-order valence-corrected chi connectivity index (χ0v) is 13.6. The second-order valence-electron chi connectivity index (χ2n) is 5.94. The summed E-state index contributed by atoms with van der Waals surface area (Å²) >= 11 is 0. The van der Waals surface area contributed by atoms with Crippen molar-refractivity contribution in [1.82, 2.24) is 9.80 Å². The Labute approximate surface area is 135 Å². The number of aliphatic carboxylic acids is 1. The van der Waals surface area contributed by atoms with Crippen molar-refractivity contribution in [1.29, 1.82) is 0 Å². The van der Waals surface area contributed by atoms with Crippen molar-refractivity contribution in [3.8, 4) is 0 Å². The molecule has 0 aromatic heterocycles. The number of nitrogens with zero attached hydrogens (tertiary/aromatic N) is 2. The Morgan fingerprint density at radius 1 is 1.35 bits per heavy atom. The monoisotopic (exact) mass is 322 g/mol. The van der Waals surface area contributed by atoms with Crippen LogP contribution in [0.1, 0.15) is 35.7 Å². The fourth-order valence-corrected chi connectivity index (χ4v) is 3.07. The van der Waals surface area contributed by atoms with Crippen LogP contribution in [0.25, 0.3) is 0 Å². The number of hydrogen-bond acceptors (Lipinski definition) is 3. The highest BCUT2D eigenvalue weighted by Gasteiger charge is 2.27. The van der Waals surface area contributed by atoms with Crippen molar-refractivity contribution in [2.45, 2.75) is 32.7 Å². The molecule has 0 atom stereocenters. The van der Waals surface area contributed by atoms with E-state index in [-0.39, 0.29) is 24.3 Å². The lowest BCUT2D eigenvalue weighted by atomic mass is 10.0. The molecule has 2 rings (SSSR count). The van der Waals surface area contributed by atoms with Crippen molar-refractivity contribution < 1.29 is 19.1 Å². The van der Waals surface area contributed by atoms with Gasteiger partial charge in [-0.2, -0.15) is 0 Å². The number of likely N-dealkylation sites (tertiary alicyclic amines) is 1. The van der Waals surface area contributed by atoms with Gasteiger partial charge >= 0.3 is 5.97 Å². The fraction of sp³-hybridized carbons (Fsp3) is 0.529. The van der Waals surface area contributed by atoms with E-state index in [1.807, 2.05) is 11.8 Å². The van der Waals surface area contributed by atoms with Gasteiger partial charge in [0.05, 0.1) is 6.54 Å². The van der Waals surface area contributed by atoms with Gasteiger partial charge in [-0.15, -0.1) is 0 Å². The average molecular weight is 322 g/mol. The molecule has 0 unspecified atom stereocenters. The van der Waals surface area contributed by atoms with Crippen LogP contribution in [0.5, 0.6) is 0 Å². The van der Waals surface area contributed by atoms with E-state index < -0.39 is 5.97 Å². The third-order valence-electron chi connectivity index (χ3n) is 4.42. The number of aryl methyl sites for hydroxylation is 1. The summed E-state index contributed by atoms with van der Waals surface area (Å²) in [6.45, 7) is 5.49. The summed E-state index contributed by atoms with van der Waals surface area (Å²) in [6, 6.07) is 4.60. The number of carboxylic acids is 1. The molecule has 0 saturated carbocycles. The van der Waals surface area contributed by atoms with Gasteiger partial charge in [0, 0.05) is 24.7 Å². The van der Waals surface area contributed by atoms with Crippen LogP contribution >= 0.6 is 0 Å². The Kier molecular flexibility index (Phi) is 5.71. The summed E-state index contributed by atoms with van der Waals surface area (Å²) < 4.78 is 13.3. The molecule has 0 bridgehead atoms. The lowest BCUT2D eigenvalue weighted by Gasteiger charge is -2.37. The van der Waals surface area contributed by atoms with Crippen LogP contribution in [0.15, 0.2) is 18.2 Å². The first kappa shape index (κ1) is 17.4. The minimum Gasteiger partial charge on any atom is -0.480 e. The maximum absolute atomic E-state index is 13.3. The number of halogens is 1. The Bertz CT molecular complexity index is 583. The van der Waals surface area contributed by atoms with Gasteiger partial charge in [-0.25, -0.2) is 4.39 Å². The molecular weight excluding hydrogens is 299 g/mol. The van der Waals surface area contributed by atoms with Gasteiger partial charge in [0.1, 0.15) is 5.82 Å².